The van der Waals surface area contributed by atoms with Gasteiger partial charge >= 0.3 is 304 Å². The summed E-state index contributed by atoms with van der Waals surface area (Å²) in [5, 5.41) is 0. The van der Waals surface area contributed by atoms with Gasteiger partial charge in [-0.3, -0.25) is 4.57 Å². The molecule has 11 aromatic carbocycles. The van der Waals surface area contributed by atoms with Crippen LogP contribution in [0.25, 0.3) is 78.5 Å². The summed E-state index contributed by atoms with van der Waals surface area (Å²) in [6.45, 7) is 4.78. The molecule has 0 N–H and O–H groups in total. The van der Waals surface area contributed by atoms with Gasteiger partial charge in [-0.2, -0.15) is 0 Å². The summed E-state index contributed by atoms with van der Waals surface area (Å²) < 4.78 is 13.8. The molecule has 1 aliphatic carbocycles. The minimum atomic E-state index is -3.39. The monoisotopic (exact) mass is 1120 g/mol. The maximum absolute atomic E-state index is 5.31. The van der Waals surface area contributed by atoms with Gasteiger partial charge in [-0.1, -0.05) is 48.5 Å². The Hall–Kier alpha value is -9.24. The molecule has 13 aromatic rings. The molecule has 0 radical (unpaired) electrons. The predicted octanol–water partition coefficient (Wildman–Crippen LogP) is 18.5. The molecule has 78 heavy (non-hydrogen) atoms. The summed E-state index contributed by atoms with van der Waals surface area (Å²) in [4.78, 5) is 12.6. The van der Waals surface area contributed by atoms with Crippen molar-refractivity contribution in [2.24, 2.45) is 0 Å². The molecule has 1 aliphatic rings. The molecular formula is C72H54IN5. The van der Waals surface area contributed by atoms with Gasteiger partial charge in [0, 0.05) is 22.6 Å². The molecule has 0 saturated heterocycles. The van der Waals surface area contributed by atoms with Crippen molar-refractivity contribution in [2.45, 2.75) is 19.3 Å². The average molecular weight is 1120 g/mol. The molecule has 2 aromatic heterocycles. The fraction of sp³-hybridized carbons (Fsp3) is 0.0417. The van der Waals surface area contributed by atoms with E-state index in [2.05, 4.69) is 307 Å². The van der Waals surface area contributed by atoms with Crippen LogP contribution in [0.3, 0.4) is 0 Å². The molecular weight excluding hydrogens is 1060 g/mol. The number of benzene rings is 11. The van der Waals surface area contributed by atoms with Gasteiger partial charge in [0.1, 0.15) is 5.82 Å². The van der Waals surface area contributed by atoms with Crippen molar-refractivity contribution in [3.63, 3.8) is 0 Å². The molecule has 0 spiro atoms. The molecule has 14 rings (SSSR count). The van der Waals surface area contributed by atoms with E-state index in [1.165, 1.54) is 44.1 Å². The Labute approximate surface area is 459 Å². The van der Waals surface area contributed by atoms with Crippen LogP contribution < -0.4 is 4.90 Å². The van der Waals surface area contributed by atoms with E-state index in [4.69, 9.17) is 14.5 Å². The van der Waals surface area contributed by atoms with Crippen molar-refractivity contribution in [2.75, 3.05) is 4.90 Å². The first-order chi connectivity index (χ1) is 38.3. The number of halogens is 1. The van der Waals surface area contributed by atoms with Gasteiger partial charge in [-0.05, 0) is 60.7 Å². The molecule has 1 atom stereocenters. The number of para-hydroxylation sites is 7. The van der Waals surface area contributed by atoms with E-state index < -0.39 is 18.0 Å². The minimum absolute atomic E-state index is 0.239. The number of fused-ring (bicyclic) bond motifs is 5. The zero-order valence-corrected chi connectivity index (χ0v) is 45.5. The van der Waals surface area contributed by atoms with Gasteiger partial charge < -0.3 is 0 Å². The van der Waals surface area contributed by atoms with E-state index in [0.717, 1.165) is 73.3 Å². The second kappa shape index (κ2) is 19.1. The zero-order valence-electron chi connectivity index (χ0n) is 43.4. The van der Waals surface area contributed by atoms with Crippen molar-refractivity contribution < 1.29 is 0 Å². The summed E-state index contributed by atoms with van der Waals surface area (Å²) in [6, 6.07) is 101. The second-order valence-electron chi connectivity index (χ2n) is 20.5. The molecule has 0 aliphatic heterocycles. The Kier molecular flexibility index (Phi) is 11.6. The van der Waals surface area contributed by atoms with Gasteiger partial charge in [0.05, 0.1) is 11.0 Å². The molecule has 6 heteroatoms. The number of hydrogen-bond acceptors (Lipinski definition) is 3. The molecule has 0 saturated carbocycles. The van der Waals surface area contributed by atoms with E-state index >= 15 is 0 Å². The van der Waals surface area contributed by atoms with Gasteiger partial charge in [0.15, 0.2) is 0 Å². The average Bonchev–Trinajstić information content (AvgIpc) is 4.28. The number of anilines is 3. The van der Waals surface area contributed by atoms with Crippen molar-refractivity contribution in [1.82, 2.24) is 19.1 Å². The van der Waals surface area contributed by atoms with Crippen LogP contribution in [0.1, 0.15) is 25.0 Å². The van der Waals surface area contributed by atoms with Crippen molar-refractivity contribution in [1.29, 1.82) is 0 Å². The third-order valence-electron chi connectivity index (χ3n) is 15.6. The summed E-state index contributed by atoms with van der Waals surface area (Å²) in [5.74, 6) is 1.84. The molecule has 1 unspecified atom stereocenters. The van der Waals surface area contributed by atoms with Gasteiger partial charge in [0.2, 0.25) is 0 Å². The van der Waals surface area contributed by atoms with E-state index in [9.17, 15) is 0 Å². The Morgan fingerprint density at radius 2 is 0.744 bits per heavy atom. The van der Waals surface area contributed by atoms with Crippen LogP contribution in [-0.4, -0.2) is 23.6 Å². The van der Waals surface area contributed by atoms with E-state index in [-0.39, 0.29) is 5.41 Å². The number of rotatable bonds is 11. The van der Waals surface area contributed by atoms with Crippen molar-refractivity contribution in [3.8, 4) is 56.4 Å². The molecule has 0 bridgehead atoms. The first-order valence-electron chi connectivity index (χ1n) is 26.5. The Bertz CT molecular complexity index is 4390. The fourth-order valence-electron chi connectivity index (χ4n) is 11.6. The third kappa shape index (κ3) is 7.93. The Balaban J connectivity index is 0.777. The van der Waals surface area contributed by atoms with Crippen LogP contribution in [0.5, 0.6) is 0 Å². The van der Waals surface area contributed by atoms with Gasteiger partial charge in [-0.15, -0.1) is 0 Å². The maximum atomic E-state index is 5.31. The third-order valence-corrected chi connectivity index (χ3v) is 24.1. The van der Waals surface area contributed by atoms with Crippen LogP contribution >= 0.6 is 18.0 Å². The number of imidazole rings is 2. The van der Waals surface area contributed by atoms with E-state index in [1.807, 2.05) is 0 Å². The topological polar surface area (TPSA) is 38.9 Å². The van der Waals surface area contributed by atoms with Gasteiger partial charge in [-0.25, -0.2) is 4.98 Å². The molecule has 2 heterocycles. The summed E-state index contributed by atoms with van der Waals surface area (Å²) in [6.07, 6.45) is 0. The SMILES string of the molecule is C=I(c1ccccc1)(c1ccc(-c2nc3ccccc3n2-c2ccccc2)cc1)c1ccc2c(c1)C(C)(C)c1cc(-c3ccc(N(c4ccccc4)c4ccc(-c5nc6ccccc6n5-c5ccccc5)cc4)cc3)ccc1-2. The van der Waals surface area contributed by atoms with Crippen molar-refractivity contribution >= 4 is 61.6 Å². The fourth-order valence-corrected chi connectivity index (χ4v) is 18.6. The zero-order chi connectivity index (χ0) is 52.4. The Morgan fingerprint density at radius 3 is 1.28 bits per heavy atom. The van der Waals surface area contributed by atoms with Crippen LogP contribution in [0.4, 0.5) is 17.1 Å². The van der Waals surface area contributed by atoms with E-state index in [0.29, 0.717) is 0 Å². The normalized spacial score (nSPS) is 13.7. The summed E-state index contributed by atoms with van der Waals surface area (Å²) >= 11 is -3.39. The number of aromatic nitrogens is 4. The van der Waals surface area contributed by atoms with Crippen LogP contribution in [0.15, 0.2) is 279 Å². The summed E-state index contributed by atoms with van der Waals surface area (Å²) in [5.41, 5.74) is 19.1. The molecule has 0 fully saturated rings. The number of hydrogen-bond donors (Lipinski definition) is 0. The first kappa shape index (κ1) is 47.2. The molecule has 374 valence electrons. The predicted molar refractivity (Wildman–Crippen MR) is 334 cm³/mol. The van der Waals surface area contributed by atoms with Crippen LogP contribution in [0.2, 0.25) is 0 Å². The molecule has 0 amide bonds. The second-order valence-corrected chi connectivity index (χ2v) is 28.2. The first-order valence-corrected chi connectivity index (χ1v) is 31.2. The standard InChI is InChI=1S/C72H54IN5/c1-72(2)64-48-53(50-34-42-60(43-35-50)76(57-22-10-5-11-23-57)61-44-36-52(37-45-61)71-75-67-29-17-19-31-69(67)78(71)59-26-14-7-15-27-59)38-46-62(64)63-47-41-56(49-65(63)72)73(3,54-20-8-4-9-21-54)55-39-32-51(33-40-55)70-74-66-28-16-18-30-68(66)77(70)58-24-12-6-13-25-58/h4-49H,3H2,1-2H3. The molecule has 5 nitrogen and oxygen atoms in total. The summed E-state index contributed by atoms with van der Waals surface area (Å²) in [7, 11) is 0. The van der Waals surface area contributed by atoms with Gasteiger partial charge in [0.25, 0.3) is 0 Å². The number of nitrogens with zero attached hydrogens (tertiary/aromatic N) is 5. The van der Waals surface area contributed by atoms with E-state index in [1.54, 1.807) is 0 Å². The van der Waals surface area contributed by atoms with Crippen molar-refractivity contribution in [3.05, 3.63) is 301 Å². The quantitative estimate of drug-likeness (QED) is 0.121. The Morgan fingerprint density at radius 1 is 0.359 bits per heavy atom. The van der Waals surface area contributed by atoms with Crippen LogP contribution in [-0.2, 0) is 5.41 Å². The van der Waals surface area contributed by atoms with Crippen LogP contribution in [0, 0.1) is 10.7 Å².